The third-order valence-electron chi connectivity index (χ3n) is 2.22. The molecule has 4 nitrogen and oxygen atoms in total. The lowest BCUT2D eigenvalue weighted by atomic mass is 10.1. The van der Waals surface area contributed by atoms with Gasteiger partial charge in [0.05, 0.1) is 18.9 Å². The molecule has 1 aromatic carbocycles. The number of aromatic nitrogens is 2. The third-order valence-corrected chi connectivity index (χ3v) is 2.22. The Kier molecular flexibility index (Phi) is 3.09. The van der Waals surface area contributed by atoms with Crippen LogP contribution in [0.3, 0.4) is 0 Å². The minimum absolute atomic E-state index is 0.0497. The smallest absolute Gasteiger partial charge is 0.215 e. The van der Waals surface area contributed by atoms with Crippen molar-refractivity contribution in [2.45, 2.75) is 0 Å². The molecule has 0 saturated carbocycles. The SMILES string of the molecule is COc1ccc(C(=O)c2cnccn2)c(F)c1. The summed E-state index contributed by atoms with van der Waals surface area (Å²) in [4.78, 5) is 19.5. The number of benzene rings is 1. The third kappa shape index (κ3) is 2.28. The summed E-state index contributed by atoms with van der Waals surface area (Å²) < 4.78 is 18.5. The molecular weight excluding hydrogens is 223 g/mol. The molecule has 0 bridgehead atoms. The van der Waals surface area contributed by atoms with Crippen LogP contribution in [0.1, 0.15) is 16.1 Å². The molecule has 0 aliphatic rings. The van der Waals surface area contributed by atoms with E-state index >= 15 is 0 Å². The summed E-state index contributed by atoms with van der Waals surface area (Å²) in [6.07, 6.45) is 4.13. The molecule has 0 spiro atoms. The number of hydrogen-bond acceptors (Lipinski definition) is 4. The van der Waals surface area contributed by atoms with Crippen LogP contribution in [0.25, 0.3) is 0 Å². The number of nitrogens with zero attached hydrogens (tertiary/aromatic N) is 2. The number of ether oxygens (including phenoxy) is 1. The van der Waals surface area contributed by atoms with E-state index in [1.807, 2.05) is 0 Å². The van der Waals surface area contributed by atoms with E-state index < -0.39 is 11.6 Å². The Morgan fingerprint density at radius 3 is 2.76 bits per heavy atom. The number of hydrogen-bond donors (Lipinski definition) is 0. The zero-order chi connectivity index (χ0) is 12.3. The Morgan fingerprint density at radius 1 is 1.35 bits per heavy atom. The Labute approximate surface area is 97.1 Å². The van der Waals surface area contributed by atoms with Crippen LogP contribution in [0.4, 0.5) is 4.39 Å². The highest BCUT2D eigenvalue weighted by atomic mass is 19.1. The molecule has 0 saturated heterocycles. The van der Waals surface area contributed by atoms with Gasteiger partial charge in [0.1, 0.15) is 17.3 Å². The molecule has 0 N–H and O–H groups in total. The van der Waals surface area contributed by atoms with Crippen molar-refractivity contribution >= 4 is 5.78 Å². The average Bonchev–Trinajstić information content (AvgIpc) is 2.39. The first-order valence-corrected chi connectivity index (χ1v) is 4.86. The molecule has 0 unspecified atom stereocenters. The van der Waals surface area contributed by atoms with Crippen molar-refractivity contribution < 1.29 is 13.9 Å². The maximum Gasteiger partial charge on any atom is 0.215 e. The van der Waals surface area contributed by atoms with Crippen LogP contribution in [-0.2, 0) is 0 Å². The van der Waals surface area contributed by atoms with Gasteiger partial charge in [0.15, 0.2) is 0 Å². The highest BCUT2D eigenvalue weighted by Crippen LogP contribution is 2.18. The summed E-state index contributed by atoms with van der Waals surface area (Å²) in [5.41, 5.74) is 0.0582. The number of methoxy groups -OCH3 is 1. The van der Waals surface area contributed by atoms with Crippen LogP contribution in [0.2, 0.25) is 0 Å². The van der Waals surface area contributed by atoms with Gasteiger partial charge >= 0.3 is 0 Å². The zero-order valence-corrected chi connectivity index (χ0v) is 9.05. The van der Waals surface area contributed by atoms with Gasteiger partial charge in [0.2, 0.25) is 5.78 Å². The highest BCUT2D eigenvalue weighted by Gasteiger charge is 2.15. The predicted molar refractivity (Wildman–Crippen MR) is 58.4 cm³/mol. The maximum atomic E-state index is 13.6. The lowest BCUT2D eigenvalue weighted by Crippen LogP contribution is -2.06. The molecule has 86 valence electrons. The second kappa shape index (κ2) is 4.69. The van der Waals surface area contributed by atoms with E-state index in [9.17, 15) is 9.18 Å². The molecule has 1 heterocycles. The van der Waals surface area contributed by atoms with Gasteiger partial charge in [-0.2, -0.15) is 0 Å². The van der Waals surface area contributed by atoms with Crippen molar-refractivity contribution in [2.75, 3.05) is 7.11 Å². The van der Waals surface area contributed by atoms with Gasteiger partial charge in [-0.15, -0.1) is 0 Å². The van der Waals surface area contributed by atoms with E-state index in [0.29, 0.717) is 5.75 Å². The molecular formula is C12H9FN2O2. The number of ketones is 1. The van der Waals surface area contributed by atoms with Gasteiger partial charge in [0, 0.05) is 18.5 Å². The quantitative estimate of drug-likeness (QED) is 0.758. The van der Waals surface area contributed by atoms with Crippen molar-refractivity contribution in [3.63, 3.8) is 0 Å². The highest BCUT2D eigenvalue weighted by molar-refractivity contribution is 6.07. The normalized spacial score (nSPS) is 10.0. The summed E-state index contributed by atoms with van der Waals surface area (Å²) in [5, 5.41) is 0. The summed E-state index contributed by atoms with van der Waals surface area (Å²) in [6, 6.07) is 4.04. The molecule has 0 amide bonds. The summed E-state index contributed by atoms with van der Waals surface area (Å²) in [7, 11) is 1.43. The molecule has 0 aliphatic carbocycles. The average molecular weight is 232 g/mol. The van der Waals surface area contributed by atoms with Crippen molar-refractivity contribution in [1.82, 2.24) is 9.97 Å². The summed E-state index contributed by atoms with van der Waals surface area (Å²) >= 11 is 0. The van der Waals surface area contributed by atoms with Gasteiger partial charge in [-0.3, -0.25) is 9.78 Å². The van der Waals surface area contributed by atoms with Crippen LogP contribution in [0.5, 0.6) is 5.75 Å². The standard InChI is InChI=1S/C12H9FN2O2/c1-17-8-2-3-9(10(13)6-8)12(16)11-7-14-4-5-15-11/h2-7H,1H3. The van der Waals surface area contributed by atoms with Gasteiger partial charge in [0.25, 0.3) is 0 Å². The lowest BCUT2D eigenvalue weighted by Gasteiger charge is -2.04. The number of carbonyl (C=O) groups excluding carboxylic acids is 1. The van der Waals surface area contributed by atoms with Crippen molar-refractivity contribution in [3.8, 4) is 5.75 Å². The van der Waals surface area contributed by atoms with E-state index in [-0.39, 0.29) is 11.3 Å². The van der Waals surface area contributed by atoms with Gasteiger partial charge in [-0.05, 0) is 12.1 Å². The van der Waals surface area contributed by atoms with E-state index in [1.165, 1.54) is 37.8 Å². The topological polar surface area (TPSA) is 52.1 Å². The fourth-order valence-electron chi connectivity index (χ4n) is 1.36. The summed E-state index contributed by atoms with van der Waals surface area (Å²) in [6.45, 7) is 0. The van der Waals surface area contributed by atoms with Crippen LogP contribution in [-0.4, -0.2) is 22.9 Å². The fourth-order valence-corrected chi connectivity index (χ4v) is 1.36. The molecule has 0 atom stereocenters. The van der Waals surface area contributed by atoms with Gasteiger partial charge < -0.3 is 4.74 Å². The van der Waals surface area contributed by atoms with Crippen LogP contribution < -0.4 is 4.74 Å². The minimum atomic E-state index is -0.639. The number of rotatable bonds is 3. The predicted octanol–water partition coefficient (Wildman–Crippen LogP) is 1.86. The Bertz CT molecular complexity index is 543. The van der Waals surface area contributed by atoms with E-state index in [2.05, 4.69) is 9.97 Å². The first-order valence-electron chi connectivity index (χ1n) is 4.86. The molecule has 0 radical (unpaired) electrons. The first kappa shape index (κ1) is 11.2. The Hall–Kier alpha value is -2.30. The second-order valence-corrected chi connectivity index (χ2v) is 3.27. The first-order chi connectivity index (χ1) is 8.22. The van der Waals surface area contributed by atoms with E-state index in [4.69, 9.17) is 4.74 Å². The minimum Gasteiger partial charge on any atom is -0.497 e. The Balaban J connectivity index is 2.38. The molecule has 2 aromatic rings. The monoisotopic (exact) mass is 232 g/mol. The van der Waals surface area contributed by atoms with Gasteiger partial charge in [-0.25, -0.2) is 9.37 Å². The number of carbonyl (C=O) groups is 1. The fraction of sp³-hybridized carbons (Fsp3) is 0.0833. The molecule has 0 aliphatic heterocycles. The molecule has 2 rings (SSSR count). The molecule has 5 heteroatoms. The van der Waals surface area contributed by atoms with Crippen LogP contribution in [0, 0.1) is 5.82 Å². The summed E-state index contributed by atoms with van der Waals surface area (Å²) in [5.74, 6) is -0.781. The molecule has 17 heavy (non-hydrogen) atoms. The van der Waals surface area contributed by atoms with Gasteiger partial charge in [-0.1, -0.05) is 0 Å². The zero-order valence-electron chi connectivity index (χ0n) is 9.05. The van der Waals surface area contributed by atoms with Crippen LogP contribution in [0.15, 0.2) is 36.8 Å². The van der Waals surface area contributed by atoms with Crippen LogP contribution >= 0.6 is 0 Å². The van der Waals surface area contributed by atoms with E-state index in [1.54, 1.807) is 0 Å². The maximum absolute atomic E-state index is 13.6. The van der Waals surface area contributed by atoms with Crippen molar-refractivity contribution in [2.24, 2.45) is 0 Å². The lowest BCUT2D eigenvalue weighted by molar-refractivity contribution is 0.103. The number of halogens is 1. The Morgan fingerprint density at radius 2 is 2.18 bits per heavy atom. The van der Waals surface area contributed by atoms with Crippen molar-refractivity contribution in [3.05, 3.63) is 53.9 Å². The second-order valence-electron chi connectivity index (χ2n) is 3.27. The van der Waals surface area contributed by atoms with E-state index in [0.717, 1.165) is 6.07 Å². The van der Waals surface area contributed by atoms with Crippen molar-refractivity contribution in [1.29, 1.82) is 0 Å². The molecule has 0 fully saturated rings. The molecule has 1 aromatic heterocycles. The largest absolute Gasteiger partial charge is 0.497 e.